The van der Waals surface area contributed by atoms with E-state index in [2.05, 4.69) is 36.7 Å². The van der Waals surface area contributed by atoms with Gasteiger partial charge in [-0.15, -0.1) is 0 Å². The van der Waals surface area contributed by atoms with E-state index < -0.39 is 0 Å². The lowest BCUT2D eigenvalue weighted by Crippen LogP contribution is -2.50. The van der Waals surface area contributed by atoms with E-state index in [4.69, 9.17) is 0 Å². The standard InChI is InChI=1S/C14H27N3O2/c1-10(18)17-11-6-13(2,3)8-14(4,7-11)9-16-12(19)15-5/h11H,6-9H2,1-5H3,(H,17,18)(H2,15,16,19). The van der Waals surface area contributed by atoms with Crippen molar-refractivity contribution in [1.82, 2.24) is 16.0 Å². The fourth-order valence-electron chi connectivity index (χ4n) is 3.54. The van der Waals surface area contributed by atoms with E-state index in [-0.39, 0.29) is 28.8 Å². The predicted molar refractivity (Wildman–Crippen MR) is 75.8 cm³/mol. The van der Waals surface area contributed by atoms with Gasteiger partial charge in [0.1, 0.15) is 0 Å². The summed E-state index contributed by atoms with van der Waals surface area (Å²) in [6.07, 6.45) is 2.93. The highest BCUT2D eigenvalue weighted by Crippen LogP contribution is 2.45. The number of amides is 3. The number of hydrogen-bond acceptors (Lipinski definition) is 2. The molecule has 0 aromatic rings. The van der Waals surface area contributed by atoms with Gasteiger partial charge in [-0.3, -0.25) is 4.79 Å². The summed E-state index contributed by atoms with van der Waals surface area (Å²) in [4.78, 5) is 22.6. The van der Waals surface area contributed by atoms with Gasteiger partial charge in [-0.2, -0.15) is 0 Å². The molecule has 0 aliphatic heterocycles. The molecule has 0 radical (unpaired) electrons. The van der Waals surface area contributed by atoms with Crippen molar-refractivity contribution in [3.63, 3.8) is 0 Å². The lowest BCUT2D eigenvalue weighted by molar-refractivity contribution is -0.120. The van der Waals surface area contributed by atoms with Crippen LogP contribution in [0.15, 0.2) is 0 Å². The highest BCUT2D eigenvalue weighted by molar-refractivity contribution is 5.73. The van der Waals surface area contributed by atoms with E-state index in [0.717, 1.165) is 19.3 Å². The molecule has 1 rings (SSSR count). The van der Waals surface area contributed by atoms with Crippen LogP contribution < -0.4 is 16.0 Å². The summed E-state index contributed by atoms with van der Waals surface area (Å²) in [7, 11) is 1.61. The highest BCUT2D eigenvalue weighted by atomic mass is 16.2. The fraction of sp³-hybridized carbons (Fsp3) is 0.857. The summed E-state index contributed by atoms with van der Waals surface area (Å²) in [5.41, 5.74) is 0.186. The summed E-state index contributed by atoms with van der Waals surface area (Å²) < 4.78 is 0. The van der Waals surface area contributed by atoms with Crippen molar-refractivity contribution in [3.05, 3.63) is 0 Å². The molecule has 2 atom stereocenters. The Morgan fingerprint density at radius 1 is 1.21 bits per heavy atom. The third-order valence-corrected chi connectivity index (χ3v) is 3.75. The van der Waals surface area contributed by atoms with Gasteiger partial charge in [0.25, 0.3) is 0 Å². The first-order valence-electron chi connectivity index (χ1n) is 6.88. The molecule has 0 heterocycles. The van der Waals surface area contributed by atoms with Gasteiger partial charge in [-0.25, -0.2) is 4.79 Å². The molecule has 19 heavy (non-hydrogen) atoms. The third kappa shape index (κ3) is 5.09. The third-order valence-electron chi connectivity index (χ3n) is 3.75. The Morgan fingerprint density at radius 3 is 2.37 bits per heavy atom. The molecule has 0 saturated heterocycles. The monoisotopic (exact) mass is 269 g/mol. The number of carbonyl (C=O) groups is 2. The van der Waals surface area contributed by atoms with Crippen LogP contribution in [0, 0.1) is 10.8 Å². The smallest absolute Gasteiger partial charge is 0.314 e. The van der Waals surface area contributed by atoms with Gasteiger partial charge in [-0.05, 0) is 30.1 Å². The minimum Gasteiger partial charge on any atom is -0.354 e. The van der Waals surface area contributed by atoms with Crippen LogP contribution in [0.3, 0.4) is 0 Å². The van der Waals surface area contributed by atoms with Crippen LogP contribution in [0.1, 0.15) is 47.0 Å². The van der Waals surface area contributed by atoms with Crippen molar-refractivity contribution < 1.29 is 9.59 Å². The van der Waals surface area contributed by atoms with E-state index in [0.29, 0.717) is 6.54 Å². The molecule has 0 spiro atoms. The number of carbonyl (C=O) groups excluding carboxylic acids is 2. The maximum Gasteiger partial charge on any atom is 0.314 e. The first kappa shape index (κ1) is 15.8. The fourth-order valence-corrected chi connectivity index (χ4v) is 3.54. The van der Waals surface area contributed by atoms with Crippen molar-refractivity contribution >= 4 is 11.9 Å². The summed E-state index contributed by atoms with van der Waals surface area (Å²) in [6.45, 7) is 8.81. The summed E-state index contributed by atoms with van der Waals surface area (Å²) in [6, 6.07) is 0.0402. The number of nitrogens with one attached hydrogen (secondary N) is 3. The second-order valence-corrected chi connectivity index (χ2v) is 6.89. The van der Waals surface area contributed by atoms with Gasteiger partial charge >= 0.3 is 6.03 Å². The summed E-state index contributed by atoms with van der Waals surface area (Å²) in [5, 5.41) is 8.48. The average Bonchev–Trinajstić information content (AvgIpc) is 2.22. The summed E-state index contributed by atoms with van der Waals surface area (Å²) in [5.74, 6) is 0.0179. The Hall–Kier alpha value is -1.26. The quantitative estimate of drug-likeness (QED) is 0.729. The second-order valence-electron chi connectivity index (χ2n) is 6.89. The Balaban J connectivity index is 2.69. The number of rotatable bonds is 3. The van der Waals surface area contributed by atoms with Crippen LogP contribution in [-0.2, 0) is 4.79 Å². The maximum atomic E-state index is 11.3. The molecular weight excluding hydrogens is 242 g/mol. The van der Waals surface area contributed by atoms with E-state index in [9.17, 15) is 9.59 Å². The minimum atomic E-state index is -0.152. The van der Waals surface area contributed by atoms with Gasteiger partial charge in [0.15, 0.2) is 0 Å². The number of urea groups is 1. The van der Waals surface area contributed by atoms with Gasteiger partial charge in [0, 0.05) is 26.6 Å². The Kier molecular flexibility index (Phi) is 4.82. The molecular formula is C14H27N3O2. The molecule has 1 aliphatic rings. The van der Waals surface area contributed by atoms with E-state index in [1.54, 1.807) is 14.0 Å². The molecule has 0 aromatic carbocycles. The van der Waals surface area contributed by atoms with Crippen LogP contribution in [0.4, 0.5) is 4.79 Å². The topological polar surface area (TPSA) is 70.2 Å². The highest BCUT2D eigenvalue weighted by Gasteiger charge is 2.41. The first-order chi connectivity index (χ1) is 8.66. The van der Waals surface area contributed by atoms with E-state index in [1.807, 2.05) is 0 Å². The second kappa shape index (κ2) is 5.80. The lowest BCUT2D eigenvalue weighted by Gasteiger charge is -2.46. The minimum absolute atomic E-state index is 0.0153. The zero-order valence-electron chi connectivity index (χ0n) is 12.7. The van der Waals surface area contributed by atoms with Gasteiger partial charge in [0.2, 0.25) is 5.91 Å². The first-order valence-corrected chi connectivity index (χ1v) is 6.88. The Bertz CT molecular complexity index is 355. The van der Waals surface area contributed by atoms with Gasteiger partial charge < -0.3 is 16.0 Å². The molecule has 3 amide bonds. The van der Waals surface area contributed by atoms with Crippen molar-refractivity contribution in [1.29, 1.82) is 0 Å². The van der Waals surface area contributed by atoms with Crippen LogP contribution >= 0.6 is 0 Å². The molecule has 1 fully saturated rings. The normalized spacial score (nSPS) is 29.4. The van der Waals surface area contributed by atoms with E-state index in [1.165, 1.54) is 0 Å². The van der Waals surface area contributed by atoms with Crippen LogP contribution in [0.2, 0.25) is 0 Å². The lowest BCUT2D eigenvalue weighted by atomic mass is 9.62. The maximum absolute atomic E-state index is 11.3. The van der Waals surface area contributed by atoms with Crippen molar-refractivity contribution in [2.24, 2.45) is 10.8 Å². The summed E-state index contributed by atoms with van der Waals surface area (Å²) >= 11 is 0. The SMILES string of the molecule is CNC(=O)NCC1(C)CC(NC(C)=O)CC(C)(C)C1. The van der Waals surface area contributed by atoms with Crippen LogP contribution in [0.5, 0.6) is 0 Å². The van der Waals surface area contributed by atoms with Crippen LogP contribution in [-0.4, -0.2) is 31.6 Å². The van der Waals surface area contributed by atoms with Gasteiger partial charge in [-0.1, -0.05) is 20.8 Å². The van der Waals surface area contributed by atoms with Crippen molar-refractivity contribution in [3.8, 4) is 0 Å². The van der Waals surface area contributed by atoms with Crippen molar-refractivity contribution in [2.45, 2.75) is 53.0 Å². The van der Waals surface area contributed by atoms with Gasteiger partial charge in [0.05, 0.1) is 0 Å². The molecule has 0 bridgehead atoms. The Labute approximate surface area is 115 Å². The zero-order valence-corrected chi connectivity index (χ0v) is 12.7. The number of hydrogen-bond donors (Lipinski definition) is 3. The predicted octanol–water partition coefficient (Wildman–Crippen LogP) is 1.64. The average molecular weight is 269 g/mol. The molecule has 2 unspecified atom stereocenters. The molecule has 110 valence electrons. The molecule has 5 nitrogen and oxygen atoms in total. The molecule has 5 heteroatoms. The van der Waals surface area contributed by atoms with E-state index >= 15 is 0 Å². The van der Waals surface area contributed by atoms with Crippen molar-refractivity contribution in [2.75, 3.05) is 13.6 Å². The Morgan fingerprint density at radius 2 is 1.84 bits per heavy atom. The largest absolute Gasteiger partial charge is 0.354 e. The molecule has 3 N–H and O–H groups in total. The molecule has 0 aromatic heterocycles. The molecule has 1 aliphatic carbocycles. The molecule has 1 saturated carbocycles. The zero-order chi connectivity index (χ0) is 14.7. The van der Waals surface area contributed by atoms with Crippen LogP contribution in [0.25, 0.3) is 0 Å².